The van der Waals surface area contributed by atoms with Crippen LogP contribution < -0.4 is 5.32 Å². The molecule has 0 saturated heterocycles. The van der Waals surface area contributed by atoms with Gasteiger partial charge in [-0.3, -0.25) is 9.59 Å². The van der Waals surface area contributed by atoms with E-state index in [0.29, 0.717) is 5.13 Å². The lowest BCUT2D eigenvalue weighted by atomic mass is 9.89. The zero-order valence-corrected chi connectivity index (χ0v) is 15.3. The minimum absolute atomic E-state index is 0.0475. The summed E-state index contributed by atoms with van der Waals surface area (Å²) < 4.78 is 0. The van der Waals surface area contributed by atoms with Crippen LogP contribution in [0.2, 0.25) is 0 Å². The van der Waals surface area contributed by atoms with Gasteiger partial charge in [0.15, 0.2) is 5.13 Å². The Hall–Kier alpha value is -1.14. The van der Waals surface area contributed by atoms with Crippen LogP contribution in [0.15, 0.2) is 11.6 Å². The summed E-state index contributed by atoms with van der Waals surface area (Å²) in [6.45, 7) is 3.72. The van der Waals surface area contributed by atoms with E-state index in [0.717, 1.165) is 25.7 Å². The Morgan fingerprint density at radius 1 is 1.39 bits per heavy atom. The highest BCUT2D eigenvalue weighted by molar-refractivity contribution is 7.13. The van der Waals surface area contributed by atoms with Crippen molar-refractivity contribution in [2.75, 3.05) is 17.7 Å². The van der Waals surface area contributed by atoms with E-state index in [1.165, 1.54) is 17.8 Å². The van der Waals surface area contributed by atoms with Gasteiger partial charge in [-0.25, -0.2) is 4.98 Å². The molecule has 1 aliphatic carbocycles. The van der Waals surface area contributed by atoms with Gasteiger partial charge in [-0.2, -0.15) is 0 Å². The first kappa shape index (κ1) is 18.2. The average molecular weight is 358 g/mol. The van der Waals surface area contributed by atoms with Crippen LogP contribution in [-0.2, 0) is 9.59 Å². The highest BCUT2D eigenvalue weighted by atomic mass is 35.5. The molecule has 1 saturated carbocycles. The van der Waals surface area contributed by atoms with E-state index in [1.54, 1.807) is 16.5 Å². The molecule has 1 fully saturated rings. The van der Waals surface area contributed by atoms with E-state index in [-0.39, 0.29) is 30.3 Å². The maximum atomic E-state index is 12.9. The van der Waals surface area contributed by atoms with E-state index >= 15 is 0 Å². The molecule has 0 atom stereocenters. The zero-order chi connectivity index (χ0) is 16.9. The molecule has 0 bridgehead atoms. The second-order valence-corrected chi connectivity index (χ2v) is 7.79. The number of halogens is 1. The molecule has 5 nitrogen and oxygen atoms in total. The van der Waals surface area contributed by atoms with Gasteiger partial charge in [0.25, 0.3) is 0 Å². The van der Waals surface area contributed by atoms with Crippen LogP contribution in [0.5, 0.6) is 0 Å². The molecule has 2 amide bonds. The fourth-order valence-corrected chi connectivity index (χ4v) is 3.46. The van der Waals surface area contributed by atoms with Crippen LogP contribution in [0.4, 0.5) is 5.13 Å². The Morgan fingerprint density at radius 3 is 2.65 bits per heavy atom. The number of amides is 2. The molecule has 128 valence electrons. The summed E-state index contributed by atoms with van der Waals surface area (Å²) in [5.74, 6) is -0.0127. The molecule has 0 radical (unpaired) electrons. The van der Waals surface area contributed by atoms with Crippen LogP contribution in [-0.4, -0.2) is 40.2 Å². The first-order chi connectivity index (χ1) is 10.9. The first-order valence-corrected chi connectivity index (χ1v) is 9.42. The van der Waals surface area contributed by atoms with Crippen LogP contribution in [0.3, 0.4) is 0 Å². The highest BCUT2D eigenvalue weighted by Gasteiger charge is 2.36. The van der Waals surface area contributed by atoms with E-state index in [9.17, 15) is 9.59 Å². The van der Waals surface area contributed by atoms with E-state index in [4.69, 9.17) is 11.6 Å². The minimum Gasteiger partial charge on any atom is -0.330 e. The summed E-state index contributed by atoms with van der Waals surface area (Å²) in [6, 6.07) is 0.126. The van der Waals surface area contributed by atoms with Crippen molar-refractivity contribution in [2.45, 2.75) is 52.0 Å². The molecule has 1 aromatic rings. The molecular formula is C16H24ClN3O2S. The van der Waals surface area contributed by atoms with E-state index in [2.05, 4.69) is 10.3 Å². The number of rotatable bonds is 6. The third-order valence-corrected chi connectivity index (χ3v) is 5.54. The van der Waals surface area contributed by atoms with Crippen LogP contribution in [0, 0.1) is 5.41 Å². The summed E-state index contributed by atoms with van der Waals surface area (Å²) in [7, 11) is 0. The summed E-state index contributed by atoms with van der Waals surface area (Å²) in [6.07, 6.45) is 6.95. The normalized spacial score (nSPS) is 16.1. The smallest absolute Gasteiger partial charge is 0.245 e. The largest absolute Gasteiger partial charge is 0.330 e. The zero-order valence-electron chi connectivity index (χ0n) is 13.7. The monoisotopic (exact) mass is 357 g/mol. The molecule has 23 heavy (non-hydrogen) atoms. The Kier molecular flexibility index (Phi) is 6.41. The number of aromatic nitrogens is 1. The van der Waals surface area contributed by atoms with E-state index < -0.39 is 5.41 Å². The fraction of sp³-hybridized carbons (Fsp3) is 0.688. The number of hydrogen-bond acceptors (Lipinski definition) is 4. The molecule has 1 aliphatic rings. The average Bonchev–Trinajstić information content (AvgIpc) is 3.05. The lowest BCUT2D eigenvalue weighted by molar-refractivity contribution is -0.144. The molecule has 7 heteroatoms. The predicted molar refractivity (Wildman–Crippen MR) is 93.8 cm³/mol. The van der Waals surface area contributed by atoms with Crippen molar-refractivity contribution in [3.63, 3.8) is 0 Å². The third-order valence-electron chi connectivity index (χ3n) is 4.18. The second-order valence-electron chi connectivity index (χ2n) is 6.63. The van der Waals surface area contributed by atoms with Crippen LogP contribution >= 0.6 is 22.9 Å². The van der Waals surface area contributed by atoms with Gasteiger partial charge in [0.05, 0.1) is 5.41 Å². The SMILES string of the molecule is CC(C)(CCl)C(=O)N(CC(=O)Nc1nccs1)C1CCCCC1. The van der Waals surface area contributed by atoms with Crippen LogP contribution in [0.1, 0.15) is 46.0 Å². The standard InChI is InChI=1S/C16H24ClN3O2S/c1-16(2,11-17)14(22)20(12-6-4-3-5-7-12)10-13(21)19-15-18-8-9-23-15/h8-9,12H,3-7,10-11H2,1-2H3,(H,18,19,21). The maximum absolute atomic E-state index is 12.9. The summed E-state index contributed by atoms with van der Waals surface area (Å²) in [4.78, 5) is 31.0. The quantitative estimate of drug-likeness (QED) is 0.792. The van der Waals surface area contributed by atoms with Gasteiger partial charge < -0.3 is 10.2 Å². The fourth-order valence-electron chi connectivity index (χ4n) is 2.80. The van der Waals surface area contributed by atoms with E-state index in [1.807, 2.05) is 13.8 Å². The topological polar surface area (TPSA) is 62.3 Å². The van der Waals surface area contributed by atoms with Crippen molar-refractivity contribution >= 4 is 39.9 Å². The highest BCUT2D eigenvalue weighted by Crippen LogP contribution is 2.28. The molecule has 1 N–H and O–H groups in total. The second kappa shape index (κ2) is 8.11. The van der Waals surface area contributed by atoms with Gasteiger partial charge in [0.2, 0.25) is 11.8 Å². The number of hydrogen-bond donors (Lipinski definition) is 1. The summed E-state index contributed by atoms with van der Waals surface area (Å²) >= 11 is 7.33. The molecular weight excluding hydrogens is 334 g/mol. The Morgan fingerprint density at radius 2 is 2.09 bits per heavy atom. The molecule has 0 spiro atoms. The summed E-state index contributed by atoms with van der Waals surface area (Å²) in [5.41, 5.74) is -0.666. The van der Waals surface area contributed by atoms with Gasteiger partial charge in [0.1, 0.15) is 6.54 Å². The third kappa shape index (κ3) is 4.91. The lowest BCUT2D eigenvalue weighted by Crippen LogP contribution is -2.51. The number of nitrogens with one attached hydrogen (secondary N) is 1. The maximum Gasteiger partial charge on any atom is 0.245 e. The van der Waals surface area contributed by atoms with Crippen LogP contribution in [0.25, 0.3) is 0 Å². The molecule has 1 aromatic heterocycles. The first-order valence-electron chi connectivity index (χ1n) is 8.00. The predicted octanol–water partition coefficient (Wildman–Crippen LogP) is 3.51. The number of carbonyl (C=O) groups excluding carboxylic acids is 2. The molecule has 0 unspecified atom stereocenters. The molecule has 0 aromatic carbocycles. The van der Waals surface area contributed by atoms with Gasteiger partial charge in [-0.05, 0) is 26.7 Å². The Balaban J connectivity index is 2.09. The lowest BCUT2D eigenvalue weighted by Gasteiger charge is -2.38. The van der Waals surface area contributed by atoms with Gasteiger partial charge >= 0.3 is 0 Å². The number of carbonyl (C=O) groups is 2. The van der Waals surface area contributed by atoms with Crippen molar-refractivity contribution in [3.8, 4) is 0 Å². The molecule has 1 heterocycles. The van der Waals surface area contributed by atoms with Crippen molar-refractivity contribution in [3.05, 3.63) is 11.6 Å². The van der Waals surface area contributed by atoms with Crippen molar-refractivity contribution in [2.24, 2.45) is 5.41 Å². The summed E-state index contributed by atoms with van der Waals surface area (Å²) in [5, 5.41) is 5.12. The molecule has 2 rings (SSSR count). The van der Waals surface area contributed by atoms with Crippen molar-refractivity contribution in [1.29, 1.82) is 0 Å². The number of anilines is 1. The molecule has 0 aliphatic heterocycles. The van der Waals surface area contributed by atoms with Crippen molar-refractivity contribution < 1.29 is 9.59 Å². The van der Waals surface area contributed by atoms with Gasteiger partial charge in [-0.15, -0.1) is 22.9 Å². The van der Waals surface area contributed by atoms with Crippen molar-refractivity contribution in [1.82, 2.24) is 9.88 Å². The number of thiazole rings is 1. The Labute approximate surface area is 146 Å². The van der Waals surface area contributed by atoms with Gasteiger partial charge in [-0.1, -0.05) is 19.3 Å². The minimum atomic E-state index is -0.666. The number of nitrogens with zero attached hydrogens (tertiary/aromatic N) is 2. The number of alkyl halides is 1. The Bertz CT molecular complexity index is 527. The van der Waals surface area contributed by atoms with Gasteiger partial charge in [0, 0.05) is 23.5 Å².